The Morgan fingerprint density at radius 3 is 0.661 bits per heavy atom. The van der Waals surface area contributed by atoms with Crippen LogP contribution in [0.4, 0.5) is 17.6 Å². The highest BCUT2D eigenvalue weighted by molar-refractivity contribution is 7.98. The lowest BCUT2D eigenvalue weighted by molar-refractivity contribution is -0.131. The largest absolute Gasteiger partial charge is 0.748 e. The van der Waals surface area contributed by atoms with Crippen LogP contribution in [0.1, 0.15) is 25.0 Å². The fourth-order valence-corrected chi connectivity index (χ4v) is 21.0. The molecule has 0 amide bonds. The molecule has 127 heavy (non-hydrogen) atoms. The molecule has 654 valence electrons. The third kappa shape index (κ3) is 32.9. The second-order valence-electron chi connectivity index (χ2n) is 26.1. The van der Waals surface area contributed by atoms with Gasteiger partial charge in [-0.05, 0) is 197 Å². The quantitative estimate of drug-likeness (QED) is 0.00944. The van der Waals surface area contributed by atoms with E-state index in [1.807, 2.05) is 0 Å². The number of carbonyl (C=O) groups is 2. The third-order valence-electron chi connectivity index (χ3n) is 16.8. The molecule has 0 atom stereocenters. The maximum atomic E-state index is 13.4. The summed E-state index contributed by atoms with van der Waals surface area (Å²) in [7, 11) is -18.6. The molecule has 0 aliphatic carbocycles. The van der Waals surface area contributed by atoms with Crippen molar-refractivity contribution in [1.29, 1.82) is 0 Å². The van der Waals surface area contributed by atoms with Gasteiger partial charge in [-0.1, -0.05) is 244 Å². The van der Waals surface area contributed by atoms with Gasteiger partial charge in [0.2, 0.25) is 17.4 Å². The van der Waals surface area contributed by atoms with Crippen molar-refractivity contribution in [2.24, 2.45) is 0 Å². The normalized spacial score (nSPS) is 10.8. The van der Waals surface area contributed by atoms with Crippen molar-refractivity contribution in [3.63, 3.8) is 0 Å². The van der Waals surface area contributed by atoms with Gasteiger partial charge in [-0.3, -0.25) is 0 Å². The zero-order valence-electron chi connectivity index (χ0n) is 68.8. The molecule has 14 aromatic rings. The molecule has 0 unspecified atom stereocenters. The van der Waals surface area contributed by atoms with E-state index in [0.717, 1.165) is 19.1 Å². The summed E-state index contributed by atoms with van der Waals surface area (Å²) in [6.45, 7) is 17.9. The van der Waals surface area contributed by atoms with Gasteiger partial charge in [0.15, 0.2) is 70.4 Å². The van der Waals surface area contributed by atoms with Gasteiger partial charge in [0, 0.05) is 16.6 Å². The molecule has 0 saturated carbocycles. The van der Waals surface area contributed by atoms with Crippen molar-refractivity contribution in [3.05, 3.63) is 459 Å². The minimum absolute atomic E-state index is 0.0146. The van der Waals surface area contributed by atoms with E-state index in [2.05, 4.69) is 395 Å². The molecule has 0 N–H and O–H groups in total. The van der Waals surface area contributed by atoms with Crippen LogP contribution in [0.15, 0.2) is 494 Å². The minimum atomic E-state index is -5.81. The molecular formula is C99H86F4O16S8. The summed E-state index contributed by atoms with van der Waals surface area (Å²) in [5.74, 6) is -13.7. The topological polar surface area (TPSA) is 281 Å². The monoisotopic (exact) mass is 1860 g/mol. The summed E-state index contributed by atoms with van der Waals surface area (Å²) in [5.41, 5.74) is 0.594. The molecule has 0 radical (unpaired) electrons. The maximum absolute atomic E-state index is 13.4. The Morgan fingerprint density at radius 2 is 0.512 bits per heavy atom. The molecule has 0 bridgehead atoms. The van der Waals surface area contributed by atoms with Crippen molar-refractivity contribution < 1.29 is 88.5 Å². The van der Waals surface area contributed by atoms with E-state index in [1.54, 1.807) is 6.92 Å². The average Bonchev–Trinajstić information content (AvgIpc) is 0.754. The summed E-state index contributed by atoms with van der Waals surface area (Å²) >= 11 is 0. The Bertz CT molecular complexity index is 5480. The van der Waals surface area contributed by atoms with E-state index >= 15 is 0 Å². The van der Waals surface area contributed by atoms with Gasteiger partial charge in [-0.25, -0.2) is 52.0 Å². The van der Waals surface area contributed by atoms with Gasteiger partial charge in [-0.2, -0.15) is 8.78 Å². The van der Waals surface area contributed by atoms with Crippen molar-refractivity contribution in [2.45, 2.75) is 96.2 Å². The number of rotatable bonds is 21. The van der Waals surface area contributed by atoms with Crippen LogP contribution in [-0.2, 0) is 93.6 Å². The van der Waals surface area contributed by atoms with Crippen LogP contribution in [0.5, 0.6) is 11.5 Å². The van der Waals surface area contributed by atoms with Crippen LogP contribution in [0.3, 0.4) is 0 Å². The average molecular weight is 1860 g/mol. The fourth-order valence-electron chi connectivity index (χ4n) is 10.9. The van der Waals surface area contributed by atoms with Crippen molar-refractivity contribution in [3.8, 4) is 11.5 Å². The van der Waals surface area contributed by atoms with Crippen molar-refractivity contribution in [2.75, 3.05) is 5.75 Å². The summed E-state index contributed by atoms with van der Waals surface area (Å²) in [6, 6.07) is 131. The molecule has 16 nitrogen and oxygen atoms in total. The molecule has 0 spiro atoms. The molecule has 14 aromatic carbocycles. The van der Waals surface area contributed by atoms with Crippen LogP contribution in [0, 0.1) is 37.1 Å². The highest BCUT2D eigenvalue weighted by Gasteiger charge is 2.34. The number of ether oxygens (including phenoxy) is 2. The number of benzene rings is 14. The molecule has 0 saturated heterocycles. The predicted octanol–water partition coefficient (Wildman–Crippen LogP) is 21.8. The number of hydrogen-bond donors (Lipinski definition) is 0. The number of halogens is 4. The highest BCUT2D eigenvalue weighted by atomic mass is 32.2. The van der Waals surface area contributed by atoms with Crippen molar-refractivity contribution >= 4 is 96.0 Å². The zero-order valence-corrected chi connectivity index (χ0v) is 75.3. The standard InChI is InChI=1S/4C18H15S.C12H14O5S.C10H6F4O5S.C3H6O3S.C2H4O3S/c4*1-4-10-16(11-5-1)19(17-12-6-2-7-13-17)18-14-8-3-9-15-18;1-7(2)12(13)17-10-5-6-11(18(14,15)16)9(4)8(10)3;1-3(2)10(15)19-8-4(11)6(13)9(20(16,17)18)7(14)5(8)12;1-2-3-7(4,5)6;1-2-6(3,4)5/h4*1-15H;5-6H,1H2,2-4H3,(H,14,15,16);1H2,2H3,(H,16,17,18);2H,1,3H2,(H,4,5,6);2H,1H2,(H,3,4,5)/q4*+1;;;;/p-4. The van der Waals surface area contributed by atoms with Crippen LogP contribution >= 0.6 is 0 Å². The van der Waals surface area contributed by atoms with E-state index in [0.29, 0.717) is 11.0 Å². The van der Waals surface area contributed by atoms with E-state index in [4.69, 9.17) is 4.74 Å². The van der Waals surface area contributed by atoms with Crippen LogP contribution < -0.4 is 9.47 Å². The Morgan fingerprint density at radius 1 is 0.315 bits per heavy atom. The lowest BCUT2D eigenvalue weighted by Crippen LogP contribution is -2.16. The van der Waals surface area contributed by atoms with Gasteiger partial charge in [-0.15, -0.1) is 6.58 Å². The summed E-state index contributed by atoms with van der Waals surface area (Å²) < 4.78 is 184. The van der Waals surface area contributed by atoms with Gasteiger partial charge in [0.05, 0.1) is 64.3 Å². The van der Waals surface area contributed by atoms with Gasteiger partial charge >= 0.3 is 11.9 Å². The van der Waals surface area contributed by atoms with Gasteiger partial charge in [0.1, 0.15) is 41.0 Å². The predicted molar refractivity (Wildman–Crippen MR) is 490 cm³/mol. The minimum Gasteiger partial charge on any atom is -0.748 e. The first kappa shape index (κ1) is 102. The first-order valence-corrected chi connectivity index (χ1v) is 48.6. The van der Waals surface area contributed by atoms with E-state index in [1.165, 1.54) is 78.7 Å². The Hall–Kier alpha value is -12.3. The van der Waals surface area contributed by atoms with E-state index in [-0.39, 0.29) is 70.9 Å². The summed E-state index contributed by atoms with van der Waals surface area (Å²) in [5, 5.41) is 0.354. The van der Waals surface area contributed by atoms with Crippen molar-refractivity contribution in [1.82, 2.24) is 0 Å². The van der Waals surface area contributed by atoms with E-state index in [9.17, 15) is 79.0 Å². The van der Waals surface area contributed by atoms with Crippen LogP contribution in [-0.4, -0.2) is 69.6 Å². The van der Waals surface area contributed by atoms with Crippen LogP contribution in [0.2, 0.25) is 0 Å². The lowest BCUT2D eigenvalue weighted by Gasteiger charge is -2.15. The Kier molecular flexibility index (Phi) is 40.7. The molecule has 0 heterocycles. The first-order chi connectivity index (χ1) is 60.5. The lowest BCUT2D eigenvalue weighted by atomic mass is 10.1. The molecule has 0 aliphatic rings. The Balaban J connectivity index is 0.000000203. The molecule has 0 aromatic heterocycles. The molecule has 28 heteroatoms. The SMILES string of the molecule is C=C(C)C(=O)Oc1c(F)c(F)c(S(=O)(=O)[O-])c(F)c1F.C=C(C)C(=O)Oc1ccc(S(=O)(=O)[O-])c(C)c1C.C=CCS(=O)(=O)[O-].C=CS(=O)(=O)[O-].c1ccc([S+](c2ccccc2)c2ccccc2)cc1.c1ccc([S+](c2ccccc2)c2ccccc2)cc1.c1ccc([S+](c2ccccc2)c2ccccc2)cc1.c1ccc([S+](c2ccccc2)c2ccccc2)cc1. The van der Waals surface area contributed by atoms with Gasteiger partial charge < -0.3 is 27.7 Å². The summed E-state index contributed by atoms with van der Waals surface area (Å²) in [4.78, 5) is 36.1. The third-order valence-corrected chi connectivity index (χ3v) is 28.6. The molecule has 0 aliphatic heterocycles. The highest BCUT2D eigenvalue weighted by Crippen LogP contribution is 2.37. The zero-order chi connectivity index (χ0) is 92.7. The molecule has 0 fully saturated rings. The second kappa shape index (κ2) is 50.8. The smallest absolute Gasteiger partial charge is 0.338 e. The maximum Gasteiger partial charge on any atom is 0.338 e. The number of hydrogen-bond acceptors (Lipinski definition) is 16. The van der Waals surface area contributed by atoms with E-state index < -0.39 is 92.1 Å². The van der Waals surface area contributed by atoms with Crippen LogP contribution in [0.25, 0.3) is 0 Å². The second-order valence-corrected chi connectivity index (χ2v) is 39.7. The Labute approximate surface area is 751 Å². The summed E-state index contributed by atoms with van der Waals surface area (Å²) in [6.07, 6.45) is 1.06. The number of carbonyl (C=O) groups excluding carboxylic acids is 2. The fraction of sp³-hybridized carbons (Fsp3) is 0.0505. The van der Waals surface area contributed by atoms with Gasteiger partial charge in [0.25, 0.3) is 0 Å². The number of esters is 2. The first-order valence-electron chi connectivity index (χ1n) is 37.9. The molecule has 14 rings (SSSR count). The molecular weight excluding hydrogens is 1780 g/mol.